The summed E-state index contributed by atoms with van der Waals surface area (Å²) >= 11 is 6.25. The molecule has 1 saturated carbocycles. The summed E-state index contributed by atoms with van der Waals surface area (Å²) < 4.78 is 0. The number of fused-ring (bicyclic) bond motifs is 1. The Bertz CT molecular complexity index is 441. The van der Waals surface area contributed by atoms with Crippen molar-refractivity contribution < 1.29 is 0 Å². The summed E-state index contributed by atoms with van der Waals surface area (Å²) in [6.07, 6.45) is 11.6. The fourth-order valence-corrected chi connectivity index (χ4v) is 3.80. The van der Waals surface area contributed by atoms with Gasteiger partial charge in [0, 0.05) is 29.1 Å². The number of rotatable bonds is 4. The summed E-state index contributed by atoms with van der Waals surface area (Å²) in [5.41, 5.74) is 2.85. The molecule has 3 rings (SSSR count). The molecule has 3 nitrogen and oxygen atoms in total. The molecule has 19 heavy (non-hydrogen) atoms. The van der Waals surface area contributed by atoms with Gasteiger partial charge in [0.1, 0.15) is 12.1 Å². The summed E-state index contributed by atoms with van der Waals surface area (Å²) in [4.78, 5) is 8.81. The van der Waals surface area contributed by atoms with Crippen molar-refractivity contribution in [2.24, 2.45) is 5.41 Å². The summed E-state index contributed by atoms with van der Waals surface area (Å²) in [5.74, 6) is 1.81. The maximum absolute atomic E-state index is 6.25. The smallest absolute Gasteiger partial charge is 0.132 e. The third-order valence-corrected chi connectivity index (χ3v) is 5.27. The van der Waals surface area contributed by atoms with Gasteiger partial charge in [-0.2, -0.15) is 0 Å². The minimum atomic E-state index is 0.274. The van der Waals surface area contributed by atoms with E-state index in [1.54, 1.807) is 6.33 Å². The first-order valence-corrected chi connectivity index (χ1v) is 7.99. The Labute approximate surface area is 120 Å². The molecule has 1 aromatic rings. The Morgan fingerprint density at radius 3 is 2.74 bits per heavy atom. The zero-order chi connectivity index (χ0) is 13.1. The molecule has 2 aliphatic rings. The van der Waals surface area contributed by atoms with E-state index in [-0.39, 0.29) is 5.41 Å². The van der Waals surface area contributed by atoms with E-state index >= 15 is 0 Å². The molecular formula is C15H22ClN3. The Morgan fingerprint density at radius 1 is 1.11 bits per heavy atom. The summed E-state index contributed by atoms with van der Waals surface area (Å²) in [6, 6.07) is 0. The van der Waals surface area contributed by atoms with Crippen LogP contribution in [0.1, 0.15) is 49.8 Å². The monoisotopic (exact) mass is 279 g/mol. The number of nitrogens with zero attached hydrogens (tertiary/aromatic N) is 2. The van der Waals surface area contributed by atoms with E-state index in [0.717, 1.165) is 31.1 Å². The van der Waals surface area contributed by atoms with Crippen LogP contribution in [0.4, 0.5) is 5.82 Å². The van der Waals surface area contributed by atoms with Gasteiger partial charge < -0.3 is 5.32 Å². The zero-order valence-corrected chi connectivity index (χ0v) is 12.2. The predicted molar refractivity (Wildman–Crippen MR) is 78.8 cm³/mol. The molecule has 0 saturated heterocycles. The number of aryl methyl sites for hydroxylation is 1. The molecule has 0 radical (unpaired) electrons. The van der Waals surface area contributed by atoms with Crippen LogP contribution in [0.2, 0.25) is 0 Å². The fourth-order valence-electron chi connectivity index (χ4n) is 3.44. The van der Waals surface area contributed by atoms with E-state index in [2.05, 4.69) is 15.3 Å². The first-order valence-electron chi connectivity index (χ1n) is 7.46. The van der Waals surface area contributed by atoms with Crippen LogP contribution < -0.4 is 5.32 Å². The number of alkyl halides is 1. The lowest BCUT2D eigenvalue weighted by atomic mass is 9.75. The van der Waals surface area contributed by atoms with Crippen LogP contribution in [0.15, 0.2) is 6.33 Å². The topological polar surface area (TPSA) is 37.8 Å². The van der Waals surface area contributed by atoms with Crippen molar-refractivity contribution in [3.05, 3.63) is 17.6 Å². The maximum atomic E-state index is 6.25. The quantitative estimate of drug-likeness (QED) is 0.857. The van der Waals surface area contributed by atoms with Gasteiger partial charge in [0.2, 0.25) is 0 Å². The van der Waals surface area contributed by atoms with Gasteiger partial charge in [-0.1, -0.05) is 19.3 Å². The normalized spacial score (nSPS) is 21.1. The van der Waals surface area contributed by atoms with E-state index in [1.165, 1.54) is 49.8 Å². The number of hydrogen-bond donors (Lipinski definition) is 1. The van der Waals surface area contributed by atoms with E-state index in [9.17, 15) is 0 Å². The number of halogens is 1. The lowest BCUT2D eigenvalue weighted by molar-refractivity contribution is 0.238. The molecule has 0 aliphatic heterocycles. The highest BCUT2D eigenvalue weighted by Gasteiger charge is 2.31. The van der Waals surface area contributed by atoms with Crippen molar-refractivity contribution in [3.8, 4) is 0 Å². The Morgan fingerprint density at radius 2 is 1.95 bits per heavy atom. The van der Waals surface area contributed by atoms with Crippen LogP contribution in [0, 0.1) is 5.41 Å². The Balaban J connectivity index is 1.70. The molecule has 0 unspecified atom stereocenters. The molecule has 2 aliphatic carbocycles. The van der Waals surface area contributed by atoms with E-state index in [1.807, 2.05) is 0 Å². The van der Waals surface area contributed by atoms with Crippen LogP contribution in [0.3, 0.4) is 0 Å². The second-order valence-electron chi connectivity index (χ2n) is 6.05. The number of hydrogen-bond acceptors (Lipinski definition) is 3. The largest absolute Gasteiger partial charge is 0.369 e. The lowest BCUT2D eigenvalue weighted by Crippen LogP contribution is -2.34. The number of nitrogens with one attached hydrogen (secondary N) is 1. The Kier molecular flexibility index (Phi) is 3.92. The van der Waals surface area contributed by atoms with Crippen molar-refractivity contribution in [3.63, 3.8) is 0 Å². The van der Waals surface area contributed by atoms with Crippen molar-refractivity contribution >= 4 is 17.4 Å². The molecule has 0 amide bonds. The third-order valence-electron chi connectivity index (χ3n) is 4.70. The second-order valence-corrected chi connectivity index (χ2v) is 6.32. The molecule has 1 aromatic heterocycles. The molecule has 4 heteroatoms. The van der Waals surface area contributed by atoms with Gasteiger partial charge in [0.25, 0.3) is 0 Å². The number of anilines is 1. The molecular weight excluding hydrogens is 258 g/mol. The highest BCUT2D eigenvalue weighted by molar-refractivity contribution is 6.18. The van der Waals surface area contributed by atoms with E-state index in [0.29, 0.717) is 0 Å². The van der Waals surface area contributed by atoms with Crippen LogP contribution in [0.5, 0.6) is 0 Å². The SMILES string of the molecule is ClCC1(CNc2ncnc3c2CCC3)CCCCC1. The van der Waals surface area contributed by atoms with Gasteiger partial charge in [-0.3, -0.25) is 0 Å². The average molecular weight is 280 g/mol. The maximum Gasteiger partial charge on any atom is 0.132 e. The molecule has 104 valence electrons. The lowest BCUT2D eigenvalue weighted by Gasteiger charge is -2.36. The van der Waals surface area contributed by atoms with Gasteiger partial charge in [0.15, 0.2) is 0 Å². The molecule has 1 fully saturated rings. The van der Waals surface area contributed by atoms with Crippen LogP contribution in [-0.2, 0) is 12.8 Å². The van der Waals surface area contributed by atoms with E-state index < -0.39 is 0 Å². The second kappa shape index (κ2) is 5.66. The Hall–Kier alpha value is -0.830. The van der Waals surface area contributed by atoms with Crippen molar-refractivity contribution in [2.75, 3.05) is 17.7 Å². The van der Waals surface area contributed by atoms with Crippen LogP contribution >= 0.6 is 11.6 Å². The van der Waals surface area contributed by atoms with Crippen molar-refractivity contribution in [1.82, 2.24) is 9.97 Å². The third kappa shape index (κ3) is 2.71. The summed E-state index contributed by atoms with van der Waals surface area (Å²) in [7, 11) is 0. The minimum Gasteiger partial charge on any atom is -0.369 e. The van der Waals surface area contributed by atoms with Crippen LogP contribution in [-0.4, -0.2) is 22.4 Å². The van der Waals surface area contributed by atoms with Gasteiger partial charge in [0.05, 0.1) is 0 Å². The standard InChI is InChI=1S/C15H22ClN3/c16-9-15(7-2-1-3-8-15)10-17-14-12-5-4-6-13(12)18-11-19-14/h11H,1-10H2,(H,17,18,19). The molecule has 0 bridgehead atoms. The molecule has 0 atom stereocenters. The highest BCUT2D eigenvalue weighted by Crippen LogP contribution is 2.38. The van der Waals surface area contributed by atoms with Gasteiger partial charge in [-0.15, -0.1) is 11.6 Å². The van der Waals surface area contributed by atoms with Crippen molar-refractivity contribution in [1.29, 1.82) is 0 Å². The van der Waals surface area contributed by atoms with Crippen LogP contribution in [0.25, 0.3) is 0 Å². The summed E-state index contributed by atoms with van der Waals surface area (Å²) in [5, 5.41) is 3.57. The van der Waals surface area contributed by atoms with Gasteiger partial charge in [-0.25, -0.2) is 9.97 Å². The molecule has 1 N–H and O–H groups in total. The molecule has 1 heterocycles. The van der Waals surface area contributed by atoms with Gasteiger partial charge in [-0.05, 0) is 32.1 Å². The van der Waals surface area contributed by atoms with Gasteiger partial charge >= 0.3 is 0 Å². The molecule has 0 aromatic carbocycles. The highest BCUT2D eigenvalue weighted by atomic mass is 35.5. The fraction of sp³-hybridized carbons (Fsp3) is 0.733. The number of aromatic nitrogens is 2. The average Bonchev–Trinajstić information content (AvgIpc) is 2.95. The molecule has 0 spiro atoms. The van der Waals surface area contributed by atoms with Crippen molar-refractivity contribution in [2.45, 2.75) is 51.4 Å². The predicted octanol–water partition coefficient (Wildman–Crippen LogP) is 3.57. The minimum absolute atomic E-state index is 0.274. The summed E-state index contributed by atoms with van der Waals surface area (Å²) in [6.45, 7) is 0.958. The first kappa shape index (κ1) is 13.2. The van der Waals surface area contributed by atoms with E-state index in [4.69, 9.17) is 11.6 Å². The zero-order valence-electron chi connectivity index (χ0n) is 11.4. The first-order chi connectivity index (χ1) is 9.33.